The van der Waals surface area contributed by atoms with Crippen LogP contribution < -0.4 is 15.6 Å². The highest BCUT2D eigenvalue weighted by Crippen LogP contribution is 2.29. The van der Waals surface area contributed by atoms with Crippen molar-refractivity contribution in [3.8, 4) is 5.75 Å². The van der Waals surface area contributed by atoms with Crippen LogP contribution >= 0.6 is 72.7 Å². The lowest BCUT2D eigenvalue weighted by Crippen LogP contribution is -2.23. The highest BCUT2D eigenvalue weighted by Gasteiger charge is 2.16. The second kappa shape index (κ2) is 12.9. The molecule has 1 heterocycles. The molecule has 0 unspecified atom stereocenters. The Morgan fingerprint density at radius 1 is 1.18 bits per heavy atom. The molecule has 0 fully saturated rings. The molecule has 3 aromatic carbocycles. The second-order valence-corrected chi connectivity index (χ2v) is 12.1. The van der Waals surface area contributed by atoms with Gasteiger partial charge in [0.25, 0.3) is 11.5 Å². The largest absolute Gasteiger partial charge is 0.482 e. The normalized spacial score (nSPS) is 12.2. The van der Waals surface area contributed by atoms with Gasteiger partial charge in [-0.3, -0.25) is 9.59 Å². The number of amides is 1. The minimum Gasteiger partial charge on any atom is -0.482 e. The first-order valence-corrected chi connectivity index (χ1v) is 14.9. The molecule has 0 saturated carbocycles. The molecule has 196 valence electrons. The smallest absolute Gasteiger partial charge is 0.282 e. The Morgan fingerprint density at radius 3 is 2.53 bits per heavy atom. The maximum Gasteiger partial charge on any atom is 0.282 e. The van der Waals surface area contributed by atoms with Crippen LogP contribution in [0.5, 0.6) is 5.75 Å². The summed E-state index contributed by atoms with van der Waals surface area (Å²) in [5.41, 5.74) is 1.85. The summed E-state index contributed by atoms with van der Waals surface area (Å²) in [6, 6.07) is 16.1. The molecule has 1 amide bonds. The number of ether oxygens (including phenoxy) is 1. The van der Waals surface area contributed by atoms with E-state index < -0.39 is 0 Å². The minimum absolute atomic E-state index is 0.0444. The van der Waals surface area contributed by atoms with Crippen molar-refractivity contribution in [1.29, 1.82) is 0 Å². The van der Waals surface area contributed by atoms with Crippen molar-refractivity contribution in [2.24, 2.45) is 5.10 Å². The topological polar surface area (TPSA) is 85.6 Å². The van der Waals surface area contributed by atoms with Gasteiger partial charge < -0.3 is 10.1 Å². The van der Waals surface area contributed by atoms with E-state index in [0.717, 1.165) is 23.6 Å². The van der Waals surface area contributed by atoms with Crippen LogP contribution in [-0.2, 0) is 4.79 Å². The summed E-state index contributed by atoms with van der Waals surface area (Å²) < 4.78 is 9.63. The maximum absolute atomic E-state index is 13.3. The molecule has 0 saturated heterocycles. The second-order valence-electron chi connectivity index (χ2n) is 8.46. The molecule has 11 heteroatoms. The number of halogens is 4. The van der Waals surface area contributed by atoms with Crippen LogP contribution in [0.25, 0.3) is 10.9 Å². The summed E-state index contributed by atoms with van der Waals surface area (Å²) in [4.78, 5) is 30.4. The van der Waals surface area contributed by atoms with Crippen LogP contribution in [0.4, 0.5) is 5.69 Å². The van der Waals surface area contributed by atoms with Crippen molar-refractivity contribution in [1.82, 2.24) is 9.66 Å². The Kier molecular flexibility index (Phi) is 9.82. The number of hydrogen-bond acceptors (Lipinski definition) is 5. The Balaban J connectivity index is 1.57. The highest BCUT2D eigenvalue weighted by atomic mass is 127. The number of carbonyl (C=O) groups excluding carboxylic acids is 1. The van der Waals surface area contributed by atoms with Gasteiger partial charge in [0.05, 0.1) is 24.3 Å². The summed E-state index contributed by atoms with van der Waals surface area (Å²) in [6.45, 7) is 3.93. The third kappa shape index (κ3) is 6.93. The molecule has 0 bridgehead atoms. The van der Waals surface area contributed by atoms with Crippen LogP contribution in [0.15, 0.2) is 69.0 Å². The lowest BCUT2D eigenvalue weighted by Gasteiger charge is -2.14. The van der Waals surface area contributed by atoms with Gasteiger partial charge in [-0.25, -0.2) is 4.98 Å². The average molecular weight is 820 g/mol. The molecule has 0 aliphatic rings. The number of aromatic nitrogens is 2. The third-order valence-corrected chi connectivity index (χ3v) is 8.05. The molecule has 4 aromatic rings. The van der Waals surface area contributed by atoms with Crippen LogP contribution in [0.3, 0.4) is 0 Å². The molecule has 38 heavy (non-hydrogen) atoms. The monoisotopic (exact) mass is 818 g/mol. The van der Waals surface area contributed by atoms with Crippen LogP contribution in [0.2, 0.25) is 5.02 Å². The predicted octanol–water partition coefficient (Wildman–Crippen LogP) is 7.43. The van der Waals surface area contributed by atoms with E-state index in [1.54, 1.807) is 36.5 Å². The molecule has 4 rings (SSSR count). The van der Waals surface area contributed by atoms with Crippen molar-refractivity contribution in [3.63, 3.8) is 0 Å². The maximum atomic E-state index is 13.3. The molecule has 1 N–H and O–H groups in total. The number of nitrogens with zero attached hydrogens (tertiary/aromatic N) is 3. The van der Waals surface area contributed by atoms with E-state index in [1.165, 1.54) is 4.68 Å². The van der Waals surface area contributed by atoms with Gasteiger partial charge >= 0.3 is 0 Å². The number of carbonyl (C=O) groups is 1. The Bertz CT molecular complexity index is 1570. The van der Waals surface area contributed by atoms with Gasteiger partial charge in [0, 0.05) is 21.1 Å². The van der Waals surface area contributed by atoms with E-state index in [2.05, 4.69) is 78.5 Å². The first kappa shape index (κ1) is 29.0. The fourth-order valence-electron chi connectivity index (χ4n) is 3.56. The van der Waals surface area contributed by atoms with Gasteiger partial charge in [-0.2, -0.15) is 9.78 Å². The van der Waals surface area contributed by atoms with E-state index in [1.807, 2.05) is 31.2 Å². The van der Waals surface area contributed by atoms with Crippen LogP contribution in [-0.4, -0.2) is 28.4 Å². The quantitative estimate of drug-likeness (QED) is 0.148. The Morgan fingerprint density at radius 2 is 1.87 bits per heavy atom. The fraction of sp³-hybridized carbons (Fsp3) is 0.185. The first-order valence-electron chi connectivity index (χ1n) is 11.6. The average Bonchev–Trinajstić information content (AvgIpc) is 2.88. The molecule has 1 atom stereocenters. The van der Waals surface area contributed by atoms with E-state index in [9.17, 15) is 9.59 Å². The van der Waals surface area contributed by atoms with Crippen LogP contribution in [0, 0.1) is 7.14 Å². The van der Waals surface area contributed by atoms with E-state index in [4.69, 9.17) is 21.3 Å². The number of benzene rings is 3. The molecule has 0 radical (unpaired) electrons. The molecule has 0 aliphatic carbocycles. The molecule has 0 spiro atoms. The SMILES string of the molecule is CC[C@@H](C)c1nc2ccc(Br)cc2c(=O)n1N=Cc1cc(I)c(OCC(=O)Nc2ccc(Cl)cc2)c(I)c1. The summed E-state index contributed by atoms with van der Waals surface area (Å²) in [7, 11) is 0. The minimum atomic E-state index is -0.281. The van der Waals surface area contributed by atoms with Gasteiger partial charge in [0.1, 0.15) is 11.6 Å². The van der Waals surface area contributed by atoms with Gasteiger partial charge in [0.15, 0.2) is 6.61 Å². The summed E-state index contributed by atoms with van der Waals surface area (Å²) in [6.07, 6.45) is 2.46. The van der Waals surface area contributed by atoms with Gasteiger partial charge in [0.2, 0.25) is 0 Å². The number of fused-ring (bicyclic) bond motifs is 1. The Hall–Kier alpha value is -2.03. The first-order chi connectivity index (χ1) is 18.2. The van der Waals surface area contributed by atoms with E-state index in [-0.39, 0.29) is 24.0 Å². The molecule has 1 aromatic heterocycles. The summed E-state index contributed by atoms with van der Waals surface area (Å²) in [5.74, 6) is 0.976. The fourth-order valence-corrected chi connectivity index (χ4v) is 6.18. The molecular formula is C27H22BrClI2N4O3. The number of rotatable bonds is 8. The number of nitrogens with one attached hydrogen (secondary N) is 1. The van der Waals surface area contributed by atoms with Crippen molar-refractivity contribution < 1.29 is 9.53 Å². The van der Waals surface area contributed by atoms with E-state index in [0.29, 0.717) is 33.2 Å². The molecular weight excluding hydrogens is 797 g/mol. The zero-order valence-electron chi connectivity index (χ0n) is 20.3. The number of hydrogen-bond donors (Lipinski definition) is 1. The molecule has 7 nitrogen and oxygen atoms in total. The Labute approximate surface area is 260 Å². The van der Waals surface area contributed by atoms with Crippen molar-refractivity contribution in [2.75, 3.05) is 11.9 Å². The lowest BCUT2D eigenvalue weighted by atomic mass is 10.1. The van der Waals surface area contributed by atoms with Crippen molar-refractivity contribution in [3.05, 3.63) is 93.0 Å². The van der Waals surface area contributed by atoms with Crippen molar-refractivity contribution >= 4 is 101 Å². The van der Waals surface area contributed by atoms with Crippen LogP contribution in [0.1, 0.15) is 37.6 Å². The highest BCUT2D eigenvalue weighted by molar-refractivity contribution is 14.1. The number of anilines is 1. The van der Waals surface area contributed by atoms with Crippen molar-refractivity contribution in [2.45, 2.75) is 26.2 Å². The van der Waals surface area contributed by atoms with Gasteiger partial charge in [-0.15, -0.1) is 0 Å². The van der Waals surface area contributed by atoms with Gasteiger partial charge in [-0.05, 0) is 112 Å². The predicted molar refractivity (Wildman–Crippen MR) is 173 cm³/mol. The standard InChI is InChI=1S/C27H22BrClI2N4O3/c1-3-15(2)26-34-23-9-4-17(28)12-20(23)27(37)35(26)32-13-16-10-21(30)25(22(31)11-16)38-14-24(36)33-19-7-5-18(29)6-8-19/h4-13,15H,3,14H2,1-2H3,(H,33,36)/t15-/m1/s1. The van der Waals surface area contributed by atoms with E-state index >= 15 is 0 Å². The van der Waals surface area contributed by atoms with Gasteiger partial charge in [-0.1, -0.05) is 41.4 Å². The third-order valence-electron chi connectivity index (χ3n) is 5.70. The zero-order valence-corrected chi connectivity index (χ0v) is 27.0. The summed E-state index contributed by atoms with van der Waals surface area (Å²) >= 11 is 13.6. The zero-order chi connectivity index (χ0) is 27.4. The lowest BCUT2D eigenvalue weighted by molar-refractivity contribution is -0.118. The molecule has 0 aliphatic heterocycles. The summed E-state index contributed by atoms with van der Waals surface area (Å²) in [5, 5.41) is 8.41.